The van der Waals surface area contributed by atoms with E-state index in [2.05, 4.69) is 30.7 Å². The quantitative estimate of drug-likeness (QED) is 0.799. The van der Waals surface area contributed by atoms with Crippen LogP contribution in [0.1, 0.15) is 16.1 Å². The Balaban J connectivity index is 1.46. The Morgan fingerprint density at radius 2 is 2.04 bits per heavy atom. The van der Waals surface area contributed by atoms with Gasteiger partial charge in [0.05, 0.1) is 18.8 Å². The van der Waals surface area contributed by atoms with E-state index in [1.54, 1.807) is 13.0 Å². The number of carbonyl (C=O) groups excluding carboxylic acids is 1. The van der Waals surface area contributed by atoms with Crippen molar-refractivity contribution in [1.29, 1.82) is 0 Å². The lowest BCUT2D eigenvalue weighted by molar-refractivity contribution is 0.0398. The molecule has 0 bridgehead atoms. The van der Waals surface area contributed by atoms with Gasteiger partial charge in [-0.25, -0.2) is 9.97 Å². The number of amides is 1. The van der Waals surface area contributed by atoms with E-state index >= 15 is 0 Å². The summed E-state index contributed by atoms with van der Waals surface area (Å²) in [6.45, 7) is 6.86. The zero-order valence-electron chi connectivity index (χ0n) is 13.5. The smallest absolute Gasteiger partial charge is 0.260 e. The van der Waals surface area contributed by atoms with Gasteiger partial charge in [0.25, 0.3) is 5.91 Å². The summed E-state index contributed by atoms with van der Waals surface area (Å²) >= 11 is 0. The predicted octanol–water partition coefficient (Wildman–Crippen LogP) is 0.769. The van der Waals surface area contributed by atoms with Gasteiger partial charge in [0, 0.05) is 44.6 Å². The van der Waals surface area contributed by atoms with Crippen LogP contribution in [0.25, 0.3) is 0 Å². The zero-order valence-corrected chi connectivity index (χ0v) is 13.5. The van der Waals surface area contributed by atoms with Crippen LogP contribution in [0.3, 0.4) is 0 Å². The van der Waals surface area contributed by atoms with E-state index in [1.165, 1.54) is 12.4 Å². The third kappa shape index (κ3) is 4.49. The Morgan fingerprint density at radius 3 is 2.71 bits per heavy atom. The Kier molecular flexibility index (Phi) is 5.34. The minimum atomic E-state index is -0.330. The number of ether oxygens (including phenoxy) is 1. The molecule has 9 nitrogen and oxygen atoms in total. The molecular formula is C15H20N6O3. The highest BCUT2D eigenvalue weighted by Gasteiger charge is 2.11. The number of nitrogens with zero attached hydrogens (tertiary/aromatic N) is 4. The van der Waals surface area contributed by atoms with Gasteiger partial charge in [0.2, 0.25) is 5.95 Å². The van der Waals surface area contributed by atoms with Gasteiger partial charge in [-0.3, -0.25) is 9.69 Å². The fourth-order valence-corrected chi connectivity index (χ4v) is 2.30. The monoisotopic (exact) mass is 332 g/mol. The lowest BCUT2D eigenvalue weighted by Crippen LogP contribution is -2.39. The van der Waals surface area contributed by atoms with Gasteiger partial charge < -0.3 is 19.9 Å². The maximum Gasteiger partial charge on any atom is 0.260 e. The molecule has 3 heterocycles. The highest BCUT2D eigenvalue weighted by molar-refractivity contribution is 6.03. The largest absolute Gasteiger partial charge is 0.379 e. The summed E-state index contributed by atoms with van der Waals surface area (Å²) < 4.78 is 10.2. The number of morpholine rings is 1. The summed E-state index contributed by atoms with van der Waals surface area (Å²) in [5, 5.41) is 9.48. The first kappa shape index (κ1) is 16.3. The van der Waals surface area contributed by atoms with Crippen LogP contribution in [-0.2, 0) is 4.74 Å². The highest BCUT2D eigenvalue weighted by atomic mass is 16.5. The molecule has 3 rings (SSSR count). The molecule has 1 aliphatic rings. The van der Waals surface area contributed by atoms with Crippen molar-refractivity contribution in [3.63, 3.8) is 0 Å². The molecule has 0 aliphatic carbocycles. The molecule has 0 saturated carbocycles. The Labute approximate surface area is 139 Å². The van der Waals surface area contributed by atoms with Crippen LogP contribution < -0.4 is 10.6 Å². The van der Waals surface area contributed by atoms with E-state index in [1.807, 2.05) is 0 Å². The molecule has 9 heteroatoms. The summed E-state index contributed by atoms with van der Waals surface area (Å²) in [6, 6.07) is 1.64. The molecule has 1 amide bonds. The number of hydrogen-bond acceptors (Lipinski definition) is 8. The molecule has 0 unspecified atom stereocenters. The molecule has 2 N–H and O–H groups in total. The minimum absolute atomic E-state index is 0.330. The molecule has 2 aromatic heterocycles. The summed E-state index contributed by atoms with van der Waals surface area (Å²) in [4.78, 5) is 22.7. The normalized spacial score (nSPS) is 15.2. The van der Waals surface area contributed by atoms with Crippen molar-refractivity contribution in [2.24, 2.45) is 0 Å². The predicted molar refractivity (Wildman–Crippen MR) is 87.0 cm³/mol. The Morgan fingerprint density at radius 1 is 1.29 bits per heavy atom. The van der Waals surface area contributed by atoms with Crippen LogP contribution >= 0.6 is 0 Å². The van der Waals surface area contributed by atoms with Gasteiger partial charge in [-0.1, -0.05) is 5.16 Å². The summed E-state index contributed by atoms with van der Waals surface area (Å²) in [5.74, 6) is 1.16. The first-order chi connectivity index (χ1) is 11.7. The second-order valence-electron chi connectivity index (χ2n) is 5.45. The second-order valence-corrected chi connectivity index (χ2v) is 5.45. The van der Waals surface area contributed by atoms with Crippen LogP contribution in [0, 0.1) is 6.92 Å². The Bertz CT molecular complexity index is 666. The van der Waals surface area contributed by atoms with Crippen LogP contribution in [-0.4, -0.2) is 65.3 Å². The molecule has 24 heavy (non-hydrogen) atoms. The third-order valence-electron chi connectivity index (χ3n) is 3.60. The van der Waals surface area contributed by atoms with Gasteiger partial charge >= 0.3 is 0 Å². The first-order valence-corrected chi connectivity index (χ1v) is 7.81. The zero-order chi connectivity index (χ0) is 16.8. The number of nitrogens with one attached hydrogen (secondary N) is 2. The van der Waals surface area contributed by atoms with Crippen molar-refractivity contribution in [2.45, 2.75) is 6.92 Å². The lowest BCUT2D eigenvalue weighted by Gasteiger charge is -2.26. The van der Waals surface area contributed by atoms with Gasteiger partial charge in [-0.15, -0.1) is 0 Å². The molecule has 0 atom stereocenters. The average molecular weight is 332 g/mol. The number of aryl methyl sites for hydroxylation is 1. The molecule has 2 aromatic rings. The average Bonchev–Trinajstić information content (AvgIpc) is 3.01. The molecule has 1 fully saturated rings. The summed E-state index contributed by atoms with van der Waals surface area (Å²) in [7, 11) is 0. The Hall–Kier alpha value is -2.52. The fourth-order valence-electron chi connectivity index (χ4n) is 2.30. The number of rotatable bonds is 6. The fraction of sp³-hybridized carbons (Fsp3) is 0.467. The molecule has 0 radical (unpaired) electrons. The van der Waals surface area contributed by atoms with Crippen LogP contribution in [0.5, 0.6) is 0 Å². The number of anilines is 2. The van der Waals surface area contributed by atoms with Crippen molar-refractivity contribution in [3.05, 3.63) is 29.8 Å². The van der Waals surface area contributed by atoms with E-state index < -0.39 is 0 Å². The standard InChI is InChI=1S/C15H20N6O3/c1-11-8-13(20-24-11)19-14(22)12-9-17-15(18-10-12)16-2-3-21-4-6-23-7-5-21/h8-10H,2-7H2,1H3,(H,16,17,18)(H,19,20,22). The number of aromatic nitrogens is 3. The molecule has 128 valence electrons. The van der Waals surface area contributed by atoms with Crippen molar-refractivity contribution in [3.8, 4) is 0 Å². The van der Waals surface area contributed by atoms with Crippen LogP contribution in [0.4, 0.5) is 11.8 Å². The third-order valence-corrected chi connectivity index (χ3v) is 3.60. The van der Waals surface area contributed by atoms with E-state index in [9.17, 15) is 4.79 Å². The van der Waals surface area contributed by atoms with Crippen molar-refractivity contribution < 1.29 is 14.1 Å². The second kappa shape index (κ2) is 7.84. The SMILES string of the molecule is Cc1cc(NC(=O)c2cnc(NCCN3CCOCC3)nc2)no1. The van der Waals surface area contributed by atoms with Gasteiger partial charge in [-0.05, 0) is 6.92 Å². The molecule has 1 aliphatic heterocycles. The molecule has 1 saturated heterocycles. The van der Waals surface area contributed by atoms with Crippen LogP contribution in [0.15, 0.2) is 23.0 Å². The van der Waals surface area contributed by atoms with Crippen molar-refractivity contribution >= 4 is 17.7 Å². The van der Waals surface area contributed by atoms with E-state index in [0.717, 1.165) is 39.4 Å². The highest BCUT2D eigenvalue weighted by Crippen LogP contribution is 2.09. The van der Waals surface area contributed by atoms with E-state index in [0.29, 0.717) is 23.1 Å². The van der Waals surface area contributed by atoms with Crippen molar-refractivity contribution in [1.82, 2.24) is 20.0 Å². The summed E-state index contributed by atoms with van der Waals surface area (Å²) in [5.41, 5.74) is 0.356. The van der Waals surface area contributed by atoms with Gasteiger partial charge in [0.15, 0.2) is 5.82 Å². The van der Waals surface area contributed by atoms with E-state index in [-0.39, 0.29) is 5.91 Å². The van der Waals surface area contributed by atoms with Gasteiger partial charge in [0.1, 0.15) is 5.76 Å². The maximum atomic E-state index is 12.0. The van der Waals surface area contributed by atoms with E-state index in [4.69, 9.17) is 9.26 Å². The molecular weight excluding hydrogens is 312 g/mol. The molecule has 0 aromatic carbocycles. The maximum absolute atomic E-state index is 12.0. The topological polar surface area (TPSA) is 105 Å². The molecule has 0 spiro atoms. The minimum Gasteiger partial charge on any atom is -0.379 e. The van der Waals surface area contributed by atoms with Crippen molar-refractivity contribution in [2.75, 3.05) is 50.0 Å². The van der Waals surface area contributed by atoms with Gasteiger partial charge in [-0.2, -0.15) is 0 Å². The number of hydrogen-bond donors (Lipinski definition) is 2. The van der Waals surface area contributed by atoms with Crippen LogP contribution in [0.2, 0.25) is 0 Å². The lowest BCUT2D eigenvalue weighted by atomic mass is 10.3. The first-order valence-electron chi connectivity index (χ1n) is 7.81. The summed E-state index contributed by atoms with van der Waals surface area (Å²) in [6.07, 6.45) is 2.96. The number of carbonyl (C=O) groups is 1.